The van der Waals surface area contributed by atoms with Crippen LogP contribution in [-0.4, -0.2) is 58.0 Å². The van der Waals surface area contributed by atoms with Crippen LogP contribution in [0, 0.1) is 17.3 Å². The number of hydrogen-bond acceptors (Lipinski definition) is 6. The lowest BCUT2D eigenvalue weighted by Crippen LogP contribution is -2.45. The molecule has 0 aromatic carbocycles. The minimum atomic E-state index is -2.05. The highest BCUT2D eigenvalue weighted by atomic mass is 35.5. The topological polar surface area (TPSA) is 62.1 Å². The molecule has 0 unspecified atom stereocenters. The van der Waals surface area contributed by atoms with Crippen molar-refractivity contribution >= 4 is 42.3 Å². The van der Waals surface area contributed by atoms with Gasteiger partial charge in [-0.15, -0.1) is 5.54 Å². The fraction of sp³-hybridized carbons (Fsp3) is 0.654. The Labute approximate surface area is 219 Å². The summed E-state index contributed by atoms with van der Waals surface area (Å²) in [5.74, 6) is 2.73. The van der Waals surface area contributed by atoms with Crippen molar-refractivity contribution < 1.29 is 9.50 Å². The lowest BCUT2D eigenvalue weighted by Gasteiger charge is -2.38. The first-order valence-corrected chi connectivity index (χ1v) is 16.2. The molecule has 5 nitrogen and oxygen atoms in total. The van der Waals surface area contributed by atoms with Crippen LogP contribution in [0.3, 0.4) is 0 Å². The highest BCUT2D eigenvalue weighted by Gasteiger charge is 2.42. The van der Waals surface area contributed by atoms with Gasteiger partial charge in [0.1, 0.15) is 19.3 Å². The number of thioether (sulfide) groups is 1. The zero-order valence-electron chi connectivity index (χ0n) is 22.2. The Morgan fingerprint density at radius 1 is 1.14 bits per heavy atom. The molecule has 3 rings (SSSR count). The summed E-state index contributed by atoms with van der Waals surface area (Å²) in [5, 5.41) is 11.4. The maximum absolute atomic E-state index is 15.2. The minimum absolute atomic E-state index is 0.165. The lowest BCUT2D eigenvalue weighted by atomic mass is 9.95. The molecule has 1 fully saturated rings. The molecule has 0 amide bonds. The van der Waals surface area contributed by atoms with Gasteiger partial charge in [0.05, 0.1) is 16.7 Å². The Morgan fingerprint density at radius 2 is 1.77 bits per heavy atom. The van der Waals surface area contributed by atoms with Gasteiger partial charge in [-0.3, -0.25) is 4.90 Å². The first kappa shape index (κ1) is 28.3. The van der Waals surface area contributed by atoms with E-state index in [0.29, 0.717) is 51.6 Å². The van der Waals surface area contributed by atoms with Crippen molar-refractivity contribution in [1.82, 2.24) is 19.9 Å². The third-order valence-corrected chi connectivity index (χ3v) is 14.5. The predicted molar refractivity (Wildman–Crippen MR) is 147 cm³/mol. The van der Waals surface area contributed by atoms with Gasteiger partial charge < -0.3 is 5.11 Å². The number of aromatic nitrogens is 3. The molecule has 9 heteroatoms. The van der Waals surface area contributed by atoms with Crippen LogP contribution in [0.25, 0.3) is 10.9 Å². The quantitative estimate of drug-likeness (QED) is 0.150. The Balaban J connectivity index is 2.25. The van der Waals surface area contributed by atoms with Gasteiger partial charge in [0.2, 0.25) is 0 Å². The molecule has 3 heterocycles. The van der Waals surface area contributed by atoms with E-state index < -0.39 is 19.5 Å². The highest BCUT2D eigenvalue weighted by Crippen LogP contribution is 2.41. The minimum Gasteiger partial charge on any atom is -0.389 e. The summed E-state index contributed by atoms with van der Waals surface area (Å²) in [5.41, 5.74) is 5.57. The van der Waals surface area contributed by atoms with Crippen molar-refractivity contribution in [3.63, 3.8) is 0 Å². The number of hydrogen-bond donors (Lipinski definition) is 1. The number of piperidine rings is 1. The molecule has 0 bridgehead atoms. The van der Waals surface area contributed by atoms with E-state index in [2.05, 4.69) is 67.9 Å². The summed E-state index contributed by atoms with van der Waals surface area (Å²) >= 11 is 7.61. The zero-order valence-corrected chi connectivity index (χ0v) is 24.7. The predicted octanol–water partition coefficient (Wildman–Crippen LogP) is 6.46. The first-order valence-electron chi connectivity index (χ1n) is 12.4. The fourth-order valence-corrected chi connectivity index (χ4v) is 11.5. The number of rotatable bonds is 6. The Morgan fingerprint density at radius 3 is 2.31 bits per heavy atom. The van der Waals surface area contributed by atoms with Gasteiger partial charge >= 0.3 is 0 Å². The smallest absolute Gasteiger partial charge is 0.188 e. The average Bonchev–Trinajstić information content (AvgIpc) is 2.75. The van der Waals surface area contributed by atoms with Crippen molar-refractivity contribution in [2.24, 2.45) is 0 Å². The first-order chi connectivity index (χ1) is 16.3. The molecule has 2 aromatic heterocycles. The van der Waals surface area contributed by atoms with Gasteiger partial charge in [-0.25, -0.2) is 19.3 Å². The summed E-state index contributed by atoms with van der Waals surface area (Å²) in [7, 11) is -2.05. The molecule has 0 radical (unpaired) electrons. The maximum Gasteiger partial charge on any atom is 0.188 e. The van der Waals surface area contributed by atoms with Crippen LogP contribution in [0.5, 0.6) is 0 Å². The van der Waals surface area contributed by atoms with Gasteiger partial charge in [-0.2, -0.15) is 0 Å². The largest absolute Gasteiger partial charge is 0.389 e. The van der Waals surface area contributed by atoms with Gasteiger partial charge in [0.15, 0.2) is 16.1 Å². The lowest BCUT2D eigenvalue weighted by molar-refractivity contribution is -0.0184. The van der Waals surface area contributed by atoms with E-state index in [0.717, 1.165) is 19.4 Å². The third-order valence-electron chi connectivity index (χ3n) is 7.37. The van der Waals surface area contributed by atoms with E-state index >= 15 is 4.39 Å². The van der Waals surface area contributed by atoms with E-state index in [1.165, 1.54) is 11.8 Å². The molecule has 35 heavy (non-hydrogen) atoms. The molecule has 0 aliphatic carbocycles. The van der Waals surface area contributed by atoms with Crippen LogP contribution in [0.15, 0.2) is 5.16 Å². The molecule has 1 aliphatic rings. The standard InChI is InChI=1S/C26H38ClFN4OSSi/c1-16(2)35(17(3)4,18(5)6)13-10-19-21-20(14-32-12-9-11-26(7,33)15-32)30-25(34-8)31-23(21)22(28)24(27)29-19/h16-18,33H,9,11-12,14-15H2,1-8H3/t26-/m1/s1. The van der Waals surface area contributed by atoms with E-state index in [4.69, 9.17) is 16.6 Å². The molecule has 0 spiro atoms. The summed E-state index contributed by atoms with van der Waals surface area (Å²) in [6, 6.07) is 0. The molecule has 0 saturated carbocycles. The number of nitrogens with zero attached hydrogens (tertiary/aromatic N) is 4. The summed E-state index contributed by atoms with van der Waals surface area (Å²) in [6.07, 6.45) is 3.52. The molecular weight excluding hydrogens is 499 g/mol. The van der Waals surface area contributed by atoms with Crippen molar-refractivity contribution in [3.8, 4) is 11.5 Å². The maximum atomic E-state index is 15.2. The monoisotopic (exact) mass is 536 g/mol. The number of pyridine rings is 1. The van der Waals surface area contributed by atoms with Crippen molar-refractivity contribution in [2.75, 3.05) is 19.3 Å². The van der Waals surface area contributed by atoms with Crippen LogP contribution in [0.1, 0.15) is 72.7 Å². The molecule has 1 N–H and O–H groups in total. The molecule has 2 aromatic rings. The second-order valence-corrected chi connectivity index (χ2v) is 17.6. The Hall–Kier alpha value is -1.24. The Bertz CT molecular complexity index is 1120. The highest BCUT2D eigenvalue weighted by molar-refractivity contribution is 7.98. The van der Waals surface area contributed by atoms with Gasteiger partial charge in [-0.05, 0) is 49.2 Å². The second kappa shape index (κ2) is 11.0. The third kappa shape index (κ3) is 5.85. The normalized spacial score (nSPS) is 19.6. The van der Waals surface area contributed by atoms with Crippen molar-refractivity contribution in [1.29, 1.82) is 0 Å². The van der Waals surface area contributed by atoms with E-state index in [1.807, 2.05) is 13.2 Å². The zero-order chi connectivity index (χ0) is 26.1. The van der Waals surface area contributed by atoms with Crippen LogP contribution in [0.2, 0.25) is 21.8 Å². The average molecular weight is 537 g/mol. The second-order valence-electron chi connectivity index (χ2n) is 10.9. The van der Waals surface area contributed by atoms with Crippen molar-refractivity contribution in [3.05, 3.63) is 22.4 Å². The molecular formula is C26H38ClFN4OSSi. The van der Waals surface area contributed by atoms with E-state index in [9.17, 15) is 5.11 Å². The summed E-state index contributed by atoms with van der Waals surface area (Å²) < 4.78 is 15.2. The van der Waals surface area contributed by atoms with E-state index in [1.54, 1.807) is 0 Å². The van der Waals surface area contributed by atoms with Gasteiger partial charge in [-0.1, -0.05) is 70.8 Å². The van der Waals surface area contributed by atoms with Crippen LogP contribution in [-0.2, 0) is 6.54 Å². The fourth-order valence-electron chi connectivity index (χ4n) is 5.76. The Kier molecular flexibility index (Phi) is 8.92. The molecule has 1 aliphatic heterocycles. The van der Waals surface area contributed by atoms with E-state index in [-0.39, 0.29) is 10.7 Å². The molecule has 1 saturated heterocycles. The van der Waals surface area contributed by atoms with Crippen LogP contribution < -0.4 is 0 Å². The molecule has 1 atom stereocenters. The summed E-state index contributed by atoms with van der Waals surface area (Å²) in [6.45, 7) is 17.2. The molecule has 192 valence electrons. The van der Waals surface area contributed by atoms with Crippen molar-refractivity contribution in [2.45, 2.75) is 95.2 Å². The SMILES string of the molecule is CSc1nc(CN2CCC[C@@](C)(O)C2)c2c(C#C[Si](C(C)C)(C(C)C)C(C)C)nc(Cl)c(F)c2n1. The summed E-state index contributed by atoms with van der Waals surface area (Å²) in [4.78, 5) is 15.8. The van der Waals surface area contributed by atoms with Gasteiger partial charge in [0.25, 0.3) is 0 Å². The number of fused-ring (bicyclic) bond motifs is 1. The van der Waals surface area contributed by atoms with Gasteiger partial charge in [0, 0.05) is 13.1 Å². The number of likely N-dealkylation sites (tertiary alicyclic amines) is 1. The van der Waals surface area contributed by atoms with Crippen LogP contribution in [0.4, 0.5) is 4.39 Å². The number of β-amino-alcohol motifs (C(OH)–C–C–N with tert-alkyl or cyclic N) is 1. The number of halogens is 2. The number of aliphatic hydroxyl groups is 1. The van der Waals surface area contributed by atoms with Crippen LogP contribution >= 0.6 is 23.4 Å².